The normalized spacial score (nSPS) is 43.6. The Labute approximate surface area is 218 Å². The van der Waals surface area contributed by atoms with Crippen LogP contribution in [-0.4, -0.2) is 47.4 Å². The van der Waals surface area contributed by atoms with Gasteiger partial charge in [0.25, 0.3) is 0 Å². The molecule has 36 heavy (non-hydrogen) atoms. The van der Waals surface area contributed by atoms with Gasteiger partial charge in [0.2, 0.25) is 5.91 Å². The summed E-state index contributed by atoms with van der Waals surface area (Å²) in [6.45, 7) is 11.1. The van der Waals surface area contributed by atoms with Crippen molar-refractivity contribution in [1.82, 2.24) is 5.32 Å². The number of fused-ring (bicyclic) bond motifs is 5. The highest BCUT2D eigenvalue weighted by Crippen LogP contribution is 2.68. The van der Waals surface area contributed by atoms with Gasteiger partial charge in [0.05, 0.1) is 19.3 Å². The maximum absolute atomic E-state index is 12.7. The van der Waals surface area contributed by atoms with Crippen molar-refractivity contribution in [2.24, 2.45) is 52.3 Å². The number of aliphatic hydroxyl groups is 2. The van der Waals surface area contributed by atoms with E-state index in [2.05, 4.69) is 26.1 Å². The molecule has 4 aliphatic carbocycles. The van der Waals surface area contributed by atoms with E-state index in [-0.39, 0.29) is 40.8 Å². The van der Waals surface area contributed by atoms with Gasteiger partial charge in [-0.25, -0.2) is 4.79 Å². The summed E-state index contributed by atoms with van der Waals surface area (Å²) < 4.78 is 4.86. The van der Waals surface area contributed by atoms with Gasteiger partial charge in [-0.15, -0.1) is 0 Å². The van der Waals surface area contributed by atoms with E-state index in [0.29, 0.717) is 41.9 Å². The van der Waals surface area contributed by atoms with Crippen LogP contribution in [0.25, 0.3) is 0 Å². The first-order chi connectivity index (χ1) is 16.9. The van der Waals surface area contributed by atoms with Crippen molar-refractivity contribution in [3.63, 3.8) is 0 Å². The molecule has 4 rings (SSSR count). The molecule has 11 unspecified atom stereocenters. The lowest BCUT2D eigenvalue weighted by Gasteiger charge is -2.62. The lowest BCUT2D eigenvalue weighted by molar-refractivity contribution is -0.174. The zero-order valence-electron chi connectivity index (χ0n) is 23.5. The zero-order valence-corrected chi connectivity index (χ0v) is 23.5. The highest BCUT2D eigenvalue weighted by molar-refractivity contribution is 5.84. The molecular weight excluding hydrogens is 454 g/mol. The molecule has 0 aromatic carbocycles. The molecule has 3 N–H and O–H groups in total. The summed E-state index contributed by atoms with van der Waals surface area (Å²) in [5, 5.41) is 24.6. The quantitative estimate of drug-likeness (QED) is 0.436. The Bertz CT molecular complexity index is 815. The molecule has 0 bridgehead atoms. The maximum Gasteiger partial charge on any atom is 0.328 e. The van der Waals surface area contributed by atoms with Gasteiger partial charge in [-0.3, -0.25) is 4.79 Å². The molecule has 11 atom stereocenters. The van der Waals surface area contributed by atoms with Gasteiger partial charge >= 0.3 is 5.97 Å². The standard InChI is InChI=1S/C30H51NO5/c1-17(2)27(28(35)36-6)31-25(34)10-7-18(3)21-8-9-22-26-23(12-14-30(21,22)5)29(4)13-11-20(32)15-19(29)16-24(26)33/h17-24,26-27,32-33H,7-16H2,1-6H3,(H,31,34). The second-order valence-corrected chi connectivity index (χ2v) is 13.8. The molecular formula is C30H51NO5. The van der Waals surface area contributed by atoms with Crippen LogP contribution in [0.1, 0.15) is 98.8 Å². The summed E-state index contributed by atoms with van der Waals surface area (Å²) >= 11 is 0. The smallest absolute Gasteiger partial charge is 0.328 e. The molecule has 0 aromatic rings. The molecule has 6 heteroatoms. The van der Waals surface area contributed by atoms with Crippen LogP contribution in [0, 0.1) is 52.3 Å². The average molecular weight is 506 g/mol. The van der Waals surface area contributed by atoms with Crippen molar-refractivity contribution >= 4 is 11.9 Å². The van der Waals surface area contributed by atoms with E-state index in [1.807, 2.05) is 13.8 Å². The fourth-order valence-electron chi connectivity index (χ4n) is 9.61. The Kier molecular flexibility index (Phi) is 8.17. The van der Waals surface area contributed by atoms with Crippen LogP contribution in [0.4, 0.5) is 0 Å². The van der Waals surface area contributed by atoms with Crippen LogP contribution < -0.4 is 5.32 Å². The molecule has 0 saturated heterocycles. The fourth-order valence-corrected chi connectivity index (χ4v) is 9.61. The van der Waals surface area contributed by atoms with Gasteiger partial charge < -0.3 is 20.3 Å². The first kappa shape index (κ1) is 27.9. The highest BCUT2D eigenvalue weighted by Gasteiger charge is 2.62. The Morgan fingerprint density at radius 3 is 2.31 bits per heavy atom. The number of carbonyl (C=O) groups is 2. The molecule has 0 radical (unpaired) electrons. The third-order valence-corrected chi connectivity index (χ3v) is 11.7. The van der Waals surface area contributed by atoms with Crippen molar-refractivity contribution < 1.29 is 24.5 Å². The Morgan fingerprint density at radius 2 is 1.64 bits per heavy atom. The van der Waals surface area contributed by atoms with Crippen LogP contribution in [0.2, 0.25) is 0 Å². The summed E-state index contributed by atoms with van der Waals surface area (Å²) in [4.78, 5) is 24.7. The molecule has 206 valence electrons. The van der Waals surface area contributed by atoms with E-state index < -0.39 is 6.04 Å². The van der Waals surface area contributed by atoms with Crippen molar-refractivity contribution in [3.05, 3.63) is 0 Å². The third-order valence-electron chi connectivity index (χ3n) is 11.7. The average Bonchev–Trinajstić information content (AvgIpc) is 3.18. The molecule has 4 aliphatic rings. The van der Waals surface area contributed by atoms with E-state index in [4.69, 9.17) is 4.74 Å². The first-order valence-electron chi connectivity index (χ1n) is 14.7. The number of rotatable bonds is 7. The molecule has 4 fully saturated rings. The number of methoxy groups -OCH3 is 1. The van der Waals surface area contributed by atoms with Crippen molar-refractivity contribution in [1.29, 1.82) is 0 Å². The summed E-state index contributed by atoms with van der Waals surface area (Å²) in [6.07, 6.45) is 9.23. The van der Waals surface area contributed by atoms with E-state index in [1.54, 1.807) is 0 Å². The Balaban J connectivity index is 1.40. The van der Waals surface area contributed by atoms with E-state index in [1.165, 1.54) is 32.8 Å². The summed E-state index contributed by atoms with van der Waals surface area (Å²) in [6, 6.07) is -0.597. The number of hydrogen-bond acceptors (Lipinski definition) is 5. The summed E-state index contributed by atoms with van der Waals surface area (Å²) in [5.74, 6) is 2.42. The van der Waals surface area contributed by atoms with Crippen molar-refractivity contribution in [2.45, 2.75) is 117 Å². The minimum absolute atomic E-state index is 0.0145. The van der Waals surface area contributed by atoms with E-state index in [0.717, 1.165) is 32.1 Å². The molecule has 1 amide bonds. The van der Waals surface area contributed by atoms with Gasteiger partial charge in [0.15, 0.2) is 0 Å². The number of nitrogens with one attached hydrogen (secondary N) is 1. The van der Waals surface area contributed by atoms with Gasteiger partial charge in [-0.2, -0.15) is 0 Å². The largest absolute Gasteiger partial charge is 0.467 e. The molecule has 6 nitrogen and oxygen atoms in total. The van der Waals surface area contributed by atoms with Crippen LogP contribution >= 0.6 is 0 Å². The van der Waals surface area contributed by atoms with Gasteiger partial charge in [0, 0.05) is 6.42 Å². The van der Waals surface area contributed by atoms with Crippen LogP contribution in [0.5, 0.6) is 0 Å². The predicted molar refractivity (Wildman–Crippen MR) is 140 cm³/mol. The van der Waals surface area contributed by atoms with Crippen LogP contribution in [-0.2, 0) is 14.3 Å². The first-order valence-corrected chi connectivity index (χ1v) is 14.7. The molecule has 0 spiro atoms. The predicted octanol–water partition coefficient (Wildman–Crippen LogP) is 4.71. The van der Waals surface area contributed by atoms with Gasteiger partial charge in [-0.1, -0.05) is 34.6 Å². The van der Waals surface area contributed by atoms with Crippen LogP contribution in [0.3, 0.4) is 0 Å². The number of amides is 1. The number of hydrogen-bond donors (Lipinski definition) is 3. The lowest BCUT2D eigenvalue weighted by atomic mass is 9.43. The zero-order chi connectivity index (χ0) is 26.4. The SMILES string of the molecule is COC(=O)C(NC(=O)CCC(C)C1CCC2C3C(O)CC4CC(O)CCC4(C)C3CCC12C)C(C)C. The maximum atomic E-state index is 12.7. The lowest BCUT2D eigenvalue weighted by Crippen LogP contribution is -2.58. The minimum atomic E-state index is -0.597. The monoisotopic (exact) mass is 505 g/mol. The van der Waals surface area contributed by atoms with Crippen LogP contribution in [0.15, 0.2) is 0 Å². The highest BCUT2D eigenvalue weighted by atomic mass is 16.5. The summed E-state index contributed by atoms with van der Waals surface area (Å²) in [7, 11) is 1.36. The number of aliphatic hydroxyl groups excluding tert-OH is 2. The van der Waals surface area contributed by atoms with Crippen molar-refractivity contribution in [3.8, 4) is 0 Å². The van der Waals surface area contributed by atoms with E-state index in [9.17, 15) is 19.8 Å². The van der Waals surface area contributed by atoms with Gasteiger partial charge in [-0.05, 0) is 110 Å². The molecule has 4 saturated carbocycles. The second kappa shape index (κ2) is 10.6. The number of carbonyl (C=O) groups excluding carboxylic acids is 2. The fraction of sp³-hybridized carbons (Fsp3) is 0.933. The minimum Gasteiger partial charge on any atom is -0.467 e. The van der Waals surface area contributed by atoms with Crippen molar-refractivity contribution in [2.75, 3.05) is 7.11 Å². The van der Waals surface area contributed by atoms with Gasteiger partial charge in [0.1, 0.15) is 6.04 Å². The topological polar surface area (TPSA) is 95.9 Å². The Morgan fingerprint density at radius 1 is 0.972 bits per heavy atom. The van der Waals surface area contributed by atoms with E-state index >= 15 is 0 Å². The molecule has 0 aromatic heterocycles. The molecule has 0 heterocycles. The number of esters is 1. The summed E-state index contributed by atoms with van der Waals surface area (Å²) in [5.41, 5.74) is 0.459. The third kappa shape index (κ3) is 4.86. The number of ether oxygens (including phenoxy) is 1. The second-order valence-electron chi connectivity index (χ2n) is 13.8. The molecule has 0 aliphatic heterocycles. The Hall–Kier alpha value is -1.14.